The number of aromatic nitrogens is 1. The van der Waals surface area contributed by atoms with Crippen LogP contribution in [0.2, 0.25) is 0 Å². The number of anilines is 1. The van der Waals surface area contributed by atoms with Crippen LogP contribution in [0.25, 0.3) is 10.9 Å². The summed E-state index contributed by atoms with van der Waals surface area (Å²) in [5, 5.41) is 1.09. The number of rotatable bonds is 3. The minimum atomic E-state index is -1.19. The van der Waals surface area contributed by atoms with E-state index < -0.39 is 10.8 Å². The van der Waals surface area contributed by atoms with Gasteiger partial charge in [0, 0.05) is 5.39 Å². The predicted molar refractivity (Wildman–Crippen MR) is 87.4 cm³/mol. The Bertz CT molecular complexity index is 830. The fourth-order valence-electron chi connectivity index (χ4n) is 2.25. The molecule has 3 aromatic rings. The lowest BCUT2D eigenvalue weighted by molar-refractivity contribution is 0.682. The number of pyridine rings is 1. The number of benzene rings is 2. The van der Waals surface area contributed by atoms with E-state index in [2.05, 4.69) is 4.98 Å². The fraction of sp³-hybridized carbons (Fsp3) is 0.118. The van der Waals surface area contributed by atoms with Crippen LogP contribution in [0.1, 0.15) is 11.3 Å². The molecule has 1 aromatic heterocycles. The normalized spacial score (nSPS) is 12.4. The number of hydrogen-bond acceptors (Lipinski definition) is 3. The molecule has 4 heteroatoms. The van der Waals surface area contributed by atoms with Crippen molar-refractivity contribution in [2.24, 2.45) is 0 Å². The van der Waals surface area contributed by atoms with Crippen LogP contribution in [0.5, 0.6) is 0 Å². The Morgan fingerprint density at radius 3 is 2.71 bits per heavy atom. The van der Waals surface area contributed by atoms with Crippen LogP contribution >= 0.6 is 0 Å². The number of nitrogen functional groups attached to an aromatic ring is 1. The molecule has 3 nitrogen and oxygen atoms in total. The van der Waals surface area contributed by atoms with E-state index in [1.807, 2.05) is 61.5 Å². The molecule has 2 N–H and O–H groups in total. The summed E-state index contributed by atoms with van der Waals surface area (Å²) in [6.07, 6.45) is 0. The highest BCUT2D eigenvalue weighted by molar-refractivity contribution is 7.84. The molecule has 0 aliphatic rings. The maximum Gasteiger partial charge on any atom is 0.0706 e. The van der Waals surface area contributed by atoms with E-state index in [4.69, 9.17) is 5.73 Å². The zero-order chi connectivity index (χ0) is 14.8. The first-order chi connectivity index (χ1) is 10.1. The topological polar surface area (TPSA) is 56.0 Å². The van der Waals surface area contributed by atoms with Crippen molar-refractivity contribution in [3.05, 3.63) is 65.9 Å². The van der Waals surface area contributed by atoms with Crippen LogP contribution in [0.3, 0.4) is 0 Å². The Morgan fingerprint density at radius 2 is 1.86 bits per heavy atom. The Balaban J connectivity index is 1.91. The molecular formula is C17H16N2OS. The van der Waals surface area contributed by atoms with Gasteiger partial charge in [-0.25, -0.2) is 0 Å². The molecule has 21 heavy (non-hydrogen) atoms. The highest BCUT2D eigenvalue weighted by atomic mass is 32.2. The van der Waals surface area contributed by atoms with Gasteiger partial charge in [-0.1, -0.05) is 36.4 Å². The third kappa shape index (κ3) is 2.81. The van der Waals surface area contributed by atoms with Gasteiger partial charge in [0.1, 0.15) is 0 Å². The number of nitrogens with zero attached hydrogens (tertiary/aromatic N) is 1. The summed E-state index contributed by atoms with van der Waals surface area (Å²) in [5.74, 6) is 0.373. The summed E-state index contributed by atoms with van der Waals surface area (Å²) in [5.41, 5.74) is 9.31. The summed E-state index contributed by atoms with van der Waals surface area (Å²) >= 11 is 0. The van der Waals surface area contributed by atoms with E-state index in [1.54, 1.807) is 0 Å². The molecule has 0 radical (unpaired) electrons. The van der Waals surface area contributed by atoms with Gasteiger partial charge in [0.05, 0.1) is 38.3 Å². The Labute approximate surface area is 126 Å². The molecule has 3 rings (SSSR count). The highest BCUT2D eigenvalue weighted by Gasteiger charge is 2.11. The Kier molecular flexibility index (Phi) is 3.71. The summed E-state index contributed by atoms with van der Waals surface area (Å²) in [6.45, 7) is 1.92. The number of hydrogen-bond donors (Lipinski definition) is 1. The highest BCUT2D eigenvalue weighted by Crippen LogP contribution is 2.22. The third-order valence-electron chi connectivity index (χ3n) is 3.46. The molecule has 0 amide bonds. The summed E-state index contributed by atoms with van der Waals surface area (Å²) in [6, 6.07) is 17.5. The van der Waals surface area contributed by atoms with E-state index in [0.29, 0.717) is 16.3 Å². The molecule has 1 atom stereocenters. The number of aryl methyl sites for hydroxylation is 1. The molecule has 0 aliphatic heterocycles. The molecule has 0 saturated heterocycles. The van der Waals surface area contributed by atoms with Crippen molar-refractivity contribution in [1.29, 1.82) is 0 Å². The monoisotopic (exact) mass is 296 g/mol. The van der Waals surface area contributed by atoms with Crippen molar-refractivity contribution >= 4 is 27.4 Å². The van der Waals surface area contributed by atoms with Gasteiger partial charge in [0.15, 0.2) is 0 Å². The molecule has 0 bridgehead atoms. The maximum atomic E-state index is 12.5. The second-order valence-electron chi connectivity index (χ2n) is 4.97. The van der Waals surface area contributed by atoms with Gasteiger partial charge in [0.25, 0.3) is 0 Å². The van der Waals surface area contributed by atoms with Gasteiger partial charge in [-0.2, -0.15) is 0 Å². The van der Waals surface area contributed by atoms with E-state index in [0.717, 1.165) is 22.2 Å². The second-order valence-corrected chi connectivity index (χ2v) is 6.39. The van der Waals surface area contributed by atoms with Gasteiger partial charge in [-0.3, -0.25) is 9.19 Å². The minimum Gasteiger partial charge on any atom is -0.398 e. The van der Waals surface area contributed by atoms with Crippen molar-refractivity contribution in [3.8, 4) is 0 Å². The molecule has 0 saturated carbocycles. The second kappa shape index (κ2) is 5.66. The quantitative estimate of drug-likeness (QED) is 0.753. The zero-order valence-corrected chi connectivity index (χ0v) is 12.6. The SMILES string of the molecule is Cc1cccc(S(=O)Cc2ccc3ccccc3n2)c1N. The van der Waals surface area contributed by atoms with Gasteiger partial charge in [-0.05, 0) is 30.7 Å². The molecule has 0 fully saturated rings. The first kappa shape index (κ1) is 13.8. The number of nitrogens with two attached hydrogens (primary N) is 1. The first-order valence-electron chi connectivity index (χ1n) is 6.73. The zero-order valence-electron chi connectivity index (χ0n) is 11.7. The largest absolute Gasteiger partial charge is 0.398 e. The Morgan fingerprint density at radius 1 is 1.05 bits per heavy atom. The maximum absolute atomic E-state index is 12.5. The average molecular weight is 296 g/mol. The van der Waals surface area contributed by atoms with Crippen molar-refractivity contribution in [3.63, 3.8) is 0 Å². The van der Waals surface area contributed by atoms with Crippen molar-refractivity contribution in [2.75, 3.05) is 5.73 Å². The van der Waals surface area contributed by atoms with Crippen LogP contribution < -0.4 is 5.73 Å². The number of para-hydroxylation sites is 2. The molecule has 0 aliphatic carbocycles. The number of fused-ring (bicyclic) bond motifs is 1. The van der Waals surface area contributed by atoms with E-state index >= 15 is 0 Å². The molecule has 1 unspecified atom stereocenters. The van der Waals surface area contributed by atoms with E-state index in [1.165, 1.54) is 0 Å². The fourth-order valence-corrected chi connectivity index (χ4v) is 3.47. The van der Waals surface area contributed by atoms with Crippen LogP contribution in [0, 0.1) is 6.92 Å². The first-order valence-corrected chi connectivity index (χ1v) is 8.05. The van der Waals surface area contributed by atoms with Gasteiger partial charge in [-0.15, -0.1) is 0 Å². The molecule has 2 aromatic carbocycles. The van der Waals surface area contributed by atoms with Crippen molar-refractivity contribution in [1.82, 2.24) is 4.98 Å². The smallest absolute Gasteiger partial charge is 0.0706 e. The van der Waals surface area contributed by atoms with Gasteiger partial charge < -0.3 is 5.73 Å². The van der Waals surface area contributed by atoms with E-state index in [9.17, 15) is 4.21 Å². The lowest BCUT2D eigenvalue weighted by atomic mass is 10.2. The van der Waals surface area contributed by atoms with Gasteiger partial charge in [0.2, 0.25) is 0 Å². The van der Waals surface area contributed by atoms with Crippen molar-refractivity contribution in [2.45, 2.75) is 17.6 Å². The lowest BCUT2D eigenvalue weighted by Gasteiger charge is -2.08. The molecule has 0 spiro atoms. The molecule has 106 valence electrons. The van der Waals surface area contributed by atoms with Crippen LogP contribution in [0.15, 0.2) is 59.5 Å². The van der Waals surface area contributed by atoms with Crippen LogP contribution in [-0.2, 0) is 16.6 Å². The van der Waals surface area contributed by atoms with Crippen LogP contribution in [0.4, 0.5) is 5.69 Å². The molecular weight excluding hydrogens is 280 g/mol. The summed E-state index contributed by atoms with van der Waals surface area (Å²) < 4.78 is 12.5. The van der Waals surface area contributed by atoms with Gasteiger partial charge >= 0.3 is 0 Å². The predicted octanol–water partition coefficient (Wildman–Crippen LogP) is 3.43. The van der Waals surface area contributed by atoms with Crippen LogP contribution in [-0.4, -0.2) is 9.19 Å². The lowest BCUT2D eigenvalue weighted by Crippen LogP contribution is -2.03. The Hall–Kier alpha value is -2.20. The standard InChI is InChI=1S/C17H16N2OS/c1-12-5-4-8-16(17(12)18)21(20)11-14-10-9-13-6-2-3-7-15(13)19-14/h2-10H,11,18H2,1H3. The average Bonchev–Trinajstić information content (AvgIpc) is 2.50. The summed E-state index contributed by atoms with van der Waals surface area (Å²) in [4.78, 5) is 5.24. The minimum absolute atomic E-state index is 0.373. The van der Waals surface area contributed by atoms with E-state index in [-0.39, 0.29) is 0 Å². The molecule has 1 heterocycles. The van der Waals surface area contributed by atoms with Crippen molar-refractivity contribution < 1.29 is 4.21 Å². The third-order valence-corrected chi connectivity index (χ3v) is 4.87. The summed E-state index contributed by atoms with van der Waals surface area (Å²) in [7, 11) is -1.19.